The molecule has 6 heteroatoms. The minimum atomic E-state index is -0.209. The second-order valence-corrected chi connectivity index (χ2v) is 6.19. The Bertz CT molecular complexity index is 806. The molecule has 0 unspecified atom stereocenters. The number of para-hydroxylation sites is 1. The van der Waals surface area contributed by atoms with Crippen molar-refractivity contribution in [1.29, 1.82) is 0 Å². The summed E-state index contributed by atoms with van der Waals surface area (Å²) in [4.78, 5) is 28.8. The van der Waals surface area contributed by atoms with Crippen LogP contribution in [0, 0.1) is 0 Å². The van der Waals surface area contributed by atoms with Gasteiger partial charge in [-0.25, -0.2) is 0 Å². The predicted molar refractivity (Wildman–Crippen MR) is 97.5 cm³/mol. The van der Waals surface area contributed by atoms with E-state index >= 15 is 0 Å². The molecule has 3 rings (SSSR count). The zero-order valence-corrected chi connectivity index (χ0v) is 14.7. The molecule has 1 aliphatic rings. The molecule has 2 aromatic carbocycles. The fourth-order valence-corrected chi connectivity index (χ4v) is 3.09. The molecule has 1 heterocycles. The first kappa shape index (κ1) is 17.8. The maximum absolute atomic E-state index is 12.7. The molecule has 1 fully saturated rings. The Balaban J connectivity index is 1.69. The molecule has 0 aromatic heterocycles. The summed E-state index contributed by atoms with van der Waals surface area (Å²) in [7, 11) is 1.57. The Hall–Kier alpha value is -3.02. The lowest BCUT2D eigenvalue weighted by Crippen LogP contribution is -2.37. The van der Waals surface area contributed by atoms with Crippen LogP contribution in [0.25, 0.3) is 0 Å². The van der Waals surface area contributed by atoms with E-state index in [9.17, 15) is 14.7 Å². The first-order valence-electron chi connectivity index (χ1n) is 8.61. The summed E-state index contributed by atoms with van der Waals surface area (Å²) in [6.45, 7) is 2.02. The van der Waals surface area contributed by atoms with Gasteiger partial charge in [-0.2, -0.15) is 0 Å². The van der Waals surface area contributed by atoms with Crippen LogP contribution in [0.3, 0.4) is 0 Å². The normalized spacial score (nSPS) is 14.7. The van der Waals surface area contributed by atoms with Crippen molar-refractivity contribution in [1.82, 2.24) is 9.80 Å². The van der Waals surface area contributed by atoms with E-state index < -0.39 is 0 Å². The molecule has 0 aliphatic carbocycles. The van der Waals surface area contributed by atoms with Gasteiger partial charge in [-0.3, -0.25) is 9.59 Å². The van der Waals surface area contributed by atoms with E-state index in [1.54, 1.807) is 59.4 Å². The topological polar surface area (TPSA) is 70.1 Å². The van der Waals surface area contributed by atoms with Crippen molar-refractivity contribution in [3.63, 3.8) is 0 Å². The Morgan fingerprint density at radius 2 is 1.62 bits per heavy atom. The quantitative estimate of drug-likeness (QED) is 0.919. The number of benzene rings is 2. The minimum absolute atomic E-state index is 0.0222. The van der Waals surface area contributed by atoms with Crippen LogP contribution in [0.15, 0.2) is 48.5 Å². The Labute approximate surface area is 152 Å². The molecule has 0 saturated carbocycles. The monoisotopic (exact) mass is 354 g/mol. The Morgan fingerprint density at radius 3 is 2.31 bits per heavy atom. The van der Waals surface area contributed by atoms with Gasteiger partial charge in [0.2, 0.25) is 0 Å². The molecule has 1 N–H and O–H groups in total. The van der Waals surface area contributed by atoms with Crippen LogP contribution in [0.4, 0.5) is 0 Å². The molecule has 1 aliphatic heterocycles. The third kappa shape index (κ3) is 3.79. The van der Waals surface area contributed by atoms with E-state index in [2.05, 4.69) is 0 Å². The van der Waals surface area contributed by atoms with Crippen molar-refractivity contribution in [3.8, 4) is 11.5 Å². The molecule has 2 amide bonds. The summed E-state index contributed by atoms with van der Waals surface area (Å²) in [5, 5.41) is 9.90. The lowest BCUT2D eigenvalue weighted by Gasteiger charge is -2.22. The SMILES string of the molecule is COc1cccc(C(=O)N2CCCN(C(=O)c3ccccc3O)CC2)c1. The lowest BCUT2D eigenvalue weighted by atomic mass is 10.1. The van der Waals surface area contributed by atoms with Gasteiger partial charge in [0.1, 0.15) is 11.5 Å². The summed E-state index contributed by atoms with van der Waals surface area (Å²) in [5.74, 6) is 0.340. The summed E-state index contributed by atoms with van der Waals surface area (Å²) in [6.07, 6.45) is 0.690. The number of hydrogen-bond acceptors (Lipinski definition) is 4. The fraction of sp³-hybridized carbons (Fsp3) is 0.300. The number of rotatable bonds is 3. The van der Waals surface area contributed by atoms with Crippen molar-refractivity contribution in [2.24, 2.45) is 0 Å². The standard InChI is InChI=1S/C20H22N2O4/c1-26-16-7-4-6-15(14-16)19(24)21-10-5-11-22(13-12-21)20(25)17-8-2-3-9-18(17)23/h2-4,6-9,14,23H,5,10-13H2,1H3. The molecule has 26 heavy (non-hydrogen) atoms. The third-order valence-corrected chi connectivity index (χ3v) is 4.52. The number of aromatic hydroxyl groups is 1. The highest BCUT2D eigenvalue weighted by molar-refractivity contribution is 5.97. The molecule has 136 valence electrons. The molecule has 0 bridgehead atoms. The van der Waals surface area contributed by atoms with E-state index in [0.717, 1.165) is 0 Å². The average Bonchev–Trinajstić information content (AvgIpc) is 2.93. The number of carbonyl (C=O) groups excluding carboxylic acids is 2. The van der Waals surface area contributed by atoms with Gasteiger partial charge >= 0.3 is 0 Å². The van der Waals surface area contributed by atoms with Gasteiger partial charge in [0, 0.05) is 31.7 Å². The number of hydrogen-bond donors (Lipinski definition) is 1. The lowest BCUT2D eigenvalue weighted by molar-refractivity contribution is 0.0717. The summed E-state index contributed by atoms with van der Waals surface area (Å²) >= 11 is 0. The summed E-state index contributed by atoms with van der Waals surface area (Å²) < 4.78 is 5.18. The Kier molecular flexibility index (Phi) is 5.41. The molecular weight excluding hydrogens is 332 g/mol. The number of nitrogens with zero attached hydrogens (tertiary/aromatic N) is 2. The van der Waals surface area contributed by atoms with Gasteiger partial charge in [0.25, 0.3) is 11.8 Å². The summed E-state index contributed by atoms with van der Waals surface area (Å²) in [6, 6.07) is 13.6. The predicted octanol–water partition coefficient (Wildman–Crippen LogP) is 2.39. The highest BCUT2D eigenvalue weighted by Gasteiger charge is 2.24. The number of ether oxygens (including phenoxy) is 1. The van der Waals surface area contributed by atoms with E-state index in [1.165, 1.54) is 6.07 Å². The van der Waals surface area contributed by atoms with Crippen molar-refractivity contribution in [2.45, 2.75) is 6.42 Å². The van der Waals surface area contributed by atoms with E-state index in [4.69, 9.17) is 4.74 Å². The van der Waals surface area contributed by atoms with Crippen LogP contribution in [-0.4, -0.2) is 60.0 Å². The Morgan fingerprint density at radius 1 is 0.923 bits per heavy atom. The van der Waals surface area contributed by atoms with Crippen molar-refractivity contribution < 1.29 is 19.4 Å². The molecule has 6 nitrogen and oxygen atoms in total. The van der Waals surface area contributed by atoms with Gasteiger partial charge < -0.3 is 19.6 Å². The number of carbonyl (C=O) groups is 2. The van der Waals surface area contributed by atoms with E-state index in [-0.39, 0.29) is 17.6 Å². The first-order chi connectivity index (χ1) is 12.6. The average molecular weight is 354 g/mol. The maximum atomic E-state index is 12.7. The zero-order valence-electron chi connectivity index (χ0n) is 14.7. The molecule has 2 aromatic rings. The highest BCUT2D eigenvalue weighted by Crippen LogP contribution is 2.20. The van der Waals surface area contributed by atoms with E-state index in [1.807, 2.05) is 0 Å². The number of phenols is 1. The van der Waals surface area contributed by atoms with Crippen molar-refractivity contribution >= 4 is 11.8 Å². The van der Waals surface area contributed by atoms with Crippen molar-refractivity contribution in [3.05, 3.63) is 59.7 Å². The molecule has 0 spiro atoms. The number of methoxy groups -OCH3 is 1. The molecule has 1 saturated heterocycles. The van der Waals surface area contributed by atoms with Gasteiger partial charge in [-0.15, -0.1) is 0 Å². The number of phenolic OH excluding ortho intramolecular Hbond substituents is 1. The summed E-state index contributed by atoms with van der Waals surface area (Å²) in [5.41, 5.74) is 0.866. The van der Waals surface area contributed by atoms with Gasteiger partial charge in [-0.1, -0.05) is 18.2 Å². The van der Waals surface area contributed by atoms with Crippen LogP contribution in [0.1, 0.15) is 27.1 Å². The number of amides is 2. The van der Waals surface area contributed by atoms with Crippen molar-refractivity contribution in [2.75, 3.05) is 33.3 Å². The van der Waals surface area contributed by atoms with Crippen LogP contribution >= 0.6 is 0 Å². The second kappa shape index (κ2) is 7.91. The maximum Gasteiger partial charge on any atom is 0.257 e. The zero-order chi connectivity index (χ0) is 18.5. The highest BCUT2D eigenvalue weighted by atomic mass is 16.5. The smallest absolute Gasteiger partial charge is 0.257 e. The van der Waals surface area contributed by atoms with Gasteiger partial charge in [0.05, 0.1) is 12.7 Å². The van der Waals surface area contributed by atoms with Crippen LogP contribution in [0.5, 0.6) is 11.5 Å². The fourth-order valence-electron chi connectivity index (χ4n) is 3.09. The third-order valence-electron chi connectivity index (χ3n) is 4.52. The minimum Gasteiger partial charge on any atom is -0.507 e. The van der Waals surface area contributed by atoms with Gasteiger partial charge in [-0.05, 0) is 36.8 Å². The molecule has 0 atom stereocenters. The molecule has 0 radical (unpaired) electrons. The van der Waals surface area contributed by atoms with Gasteiger partial charge in [0.15, 0.2) is 0 Å². The molecular formula is C20H22N2O4. The van der Waals surface area contributed by atoms with Crippen LogP contribution < -0.4 is 4.74 Å². The second-order valence-electron chi connectivity index (χ2n) is 6.19. The van der Waals surface area contributed by atoms with Crippen LogP contribution in [0.2, 0.25) is 0 Å². The first-order valence-corrected chi connectivity index (χ1v) is 8.61. The largest absolute Gasteiger partial charge is 0.507 e. The van der Waals surface area contributed by atoms with Crippen LogP contribution in [-0.2, 0) is 0 Å². The van der Waals surface area contributed by atoms with E-state index in [0.29, 0.717) is 49.5 Å².